The highest BCUT2D eigenvalue weighted by Gasteiger charge is 2.33. The summed E-state index contributed by atoms with van der Waals surface area (Å²) in [6.07, 6.45) is 3.32. The zero-order valence-electron chi connectivity index (χ0n) is 9.32. The summed E-state index contributed by atoms with van der Waals surface area (Å²) in [7, 11) is 0. The molecule has 1 aromatic carbocycles. The standard InChI is InChI=1S/C13H9ClFNO2/c14-8-3-4-9(11(15)5-8)12(17)10-6-16-18-13(10)7-1-2-7/h3-7H,1-2H2. The van der Waals surface area contributed by atoms with E-state index in [1.807, 2.05) is 0 Å². The fourth-order valence-corrected chi connectivity index (χ4v) is 2.04. The van der Waals surface area contributed by atoms with Crippen LogP contribution in [0.3, 0.4) is 0 Å². The van der Waals surface area contributed by atoms with Gasteiger partial charge < -0.3 is 4.52 Å². The maximum absolute atomic E-state index is 13.7. The van der Waals surface area contributed by atoms with Crippen LogP contribution < -0.4 is 0 Å². The molecule has 1 aromatic heterocycles. The van der Waals surface area contributed by atoms with Crippen LogP contribution in [-0.2, 0) is 0 Å². The molecule has 0 radical (unpaired) electrons. The normalized spacial score (nSPS) is 14.8. The van der Waals surface area contributed by atoms with Crippen LogP contribution in [-0.4, -0.2) is 10.9 Å². The number of aromatic nitrogens is 1. The number of hydrogen-bond donors (Lipinski definition) is 0. The Hall–Kier alpha value is -1.68. The minimum atomic E-state index is -0.629. The lowest BCUT2D eigenvalue weighted by Crippen LogP contribution is -2.05. The molecule has 0 atom stereocenters. The highest BCUT2D eigenvalue weighted by molar-refractivity contribution is 6.30. The van der Waals surface area contributed by atoms with Gasteiger partial charge in [0.1, 0.15) is 5.82 Å². The molecule has 5 heteroatoms. The second kappa shape index (κ2) is 4.21. The summed E-state index contributed by atoms with van der Waals surface area (Å²) < 4.78 is 18.8. The quantitative estimate of drug-likeness (QED) is 0.797. The van der Waals surface area contributed by atoms with E-state index in [1.165, 1.54) is 18.3 Å². The molecule has 0 spiro atoms. The molecule has 0 unspecified atom stereocenters. The van der Waals surface area contributed by atoms with E-state index in [-0.39, 0.29) is 16.5 Å². The van der Waals surface area contributed by atoms with Crippen molar-refractivity contribution in [3.05, 3.63) is 52.1 Å². The second-order valence-corrected chi connectivity index (χ2v) is 4.77. The van der Waals surface area contributed by atoms with Crippen molar-refractivity contribution < 1.29 is 13.7 Å². The van der Waals surface area contributed by atoms with Crippen molar-refractivity contribution in [1.29, 1.82) is 0 Å². The lowest BCUT2D eigenvalue weighted by molar-refractivity contribution is 0.103. The Bertz CT molecular complexity index is 619. The first-order chi connectivity index (χ1) is 8.66. The van der Waals surface area contributed by atoms with Crippen LogP contribution in [0.4, 0.5) is 4.39 Å². The van der Waals surface area contributed by atoms with Crippen molar-refractivity contribution in [1.82, 2.24) is 5.16 Å². The molecule has 3 rings (SSSR count). The highest BCUT2D eigenvalue weighted by Crippen LogP contribution is 2.42. The van der Waals surface area contributed by atoms with E-state index in [0.29, 0.717) is 11.3 Å². The second-order valence-electron chi connectivity index (χ2n) is 4.33. The molecule has 18 heavy (non-hydrogen) atoms. The lowest BCUT2D eigenvalue weighted by Gasteiger charge is -2.02. The highest BCUT2D eigenvalue weighted by atomic mass is 35.5. The molecule has 92 valence electrons. The molecule has 1 saturated carbocycles. The molecular weight excluding hydrogens is 257 g/mol. The fourth-order valence-electron chi connectivity index (χ4n) is 1.88. The van der Waals surface area contributed by atoms with E-state index in [0.717, 1.165) is 18.9 Å². The summed E-state index contributed by atoms with van der Waals surface area (Å²) in [5.41, 5.74) is 0.336. The van der Waals surface area contributed by atoms with Gasteiger partial charge in [-0.2, -0.15) is 0 Å². The Morgan fingerprint density at radius 1 is 1.39 bits per heavy atom. The van der Waals surface area contributed by atoms with Gasteiger partial charge in [-0.3, -0.25) is 4.79 Å². The molecule has 3 nitrogen and oxygen atoms in total. The smallest absolute Gasteiger partial charge is 0.201 e. The molecule has 0 aliphatic heterocycles. The van der Waals surface area contributed by atoms with Gasteiger partial charge in [-0.05, 0) is 31.0 Å². The van der Waals surface area contributed by atoms with Gasteiger partial charge in [-0.15, -0.1) is 0 Å². The van der Waals surface area contributed by atoms with Crippen LogP contribution in [0.5, 0.6) is 0 Å². The maximum Gasteiger partial charge on any atom is 0.201 e. The third-order valence-corrected chi connectivity index (χ3v) is 3.20. The van der Waals surface area contributed by atoms with Crippen LogP contribution >= 0.6 is 11.6 Å². The Kier molecular flexibility index (Phi) is 2.67. The number of carbonyl (C=O) groups is 1. The van der Waals surface area contributed by atoms with E-state index < -0.39 is 11.6 Å². The molecule has 0 amide bonds. The Labute approximate surface area is 108 Å². The number of hydrogen-bond acceptors (Lipinski definition) is 3. The summed E-state index contributed by atoms with van der Waals surface area (Å²) in [5.74, 6) is -0.223. The zero-order chi connectivity index (χ0) is 12.7. The first-order valence-electron chi connectivity index (χ1n) is 5.61. The van der Waals surface area contributed by atoms with Crippen LogP contribution in [0, 0.1) is 5.82 Å². The van der Waals surface area contributed by atoms with Crippen molar-refractivity contribution in [3.63, 3.8) is 0 Å². The molecule has 0 bridgehead atoms. The third-order valence-electron chi connectivity index (χ3n) is 2.97. The van der Waals surface area contributed by atoms with Gasteiger partial charge in [0, 0.05) is 10.9 Å². The Balaban J connectivity index is 2.00. The van der Waals surface area contributed by atoms with E-state index in [4.69, 9.17) is 16.1 Å². The van der Waals surface area contributed by atoms with Crippen molar-refractivity contribution in [2.45, 2.75) is 18.8 Å². The average molecular weight is 266 g/mol. The van der Waals surface area contributed by atoms with Crippen molar-refractivity contribution in [2.75, 3.05) is 0 Å². The molecule has 1 aliphatic carbocycles. The number of ketones is 1. The lowest BCUT2D eigenvalue weighted by atomic mass is 10.0. The fraction of sp³-hybridized carbons (Fsp3) is 0.231. The Morgan fingerprint density at radius 3 is 2.83 bits per heavy atom. The number of benzene rings is 1. The summed E-state index contributed by atoms with van der Waals surface area (Å²) in [6, 6.07) is 3.99. The monoisotopic (exact) mass is 265 g/mol. The van der Waals surface area contributed by atoms with Gasteiger partial charge in [0.25, 0.3) is 0 Å². The van der Waals surface area contributed by atoms with E-state index in [2.05, 4.69) is 5.16 Å². The van der Waals surface area contributed by atoms with E-state index >= 15 is 0 Å². The van der Waals surface area contributed by atoms with Crippen molar-refractivity contribution in [2.24, 2.45) is 0 Å². The minimum absolute atomic E-state index is 0.00972. The van der Waals surface area contributed by atoms with Crippen molar-refractivity contribution >= 4 is 17.4 Å². The maximum atomic E-state index is 13.7. The minimum Gasteiger partial charge on any atom is -0.360 e. The predicted octanol–water partition coefficient (Wildman–Crippen LogP) is 3.58. The largest absolute Gasteiger partial charge is 0.360 e. The molecule has 1 fully saturated rings. The first kappa shape index (κ1) is 11.4. The topological polar surface area (TPSA) is 43.1 Å². The number of halogens is 2. The van der Waals surface area contributed by atoms with Gasteiger partial charge in [0.2, 0.25) is 5.78 Å². The number of carbonyl (C=O) groups excluding carboxylic acids is 1. The molecule has 1 aliphatic rings. The average Bonchev–Trinajstić information content (AvgIpc) is 3.06. The Morgan fingerprint density at radius 2 is 2.17 bits per heavy atom. The van der Waals surface area contributed by atoms with Gasteiger partial charge in [0.05, 0.1) is 17.3 Å². The zero-order valence-corrected chi connectivity index (χ0v) is 10.1. The third kappa shape index (κ3) is 1.93. The molecule has 2 aromatic rings. The SMILES string of the molecule is O=C(c1ccc(Cl)cc1F)c1cnoc1C1CC1. The van der Waals surface area contributed by atoms with E-state index in [9.17, 15) is 9.18 Å². The van der Waals surface area contributed by atoms with Crippen LogP contribution in [0.25, 0.3) is 0 Å². The van der Waals surface area contributed by atoms with Gasteiger partial charge in [-0.25, -0.2) is 4.39 Å². The molecule has 1 heterocycles. The number of nitrogens with zero attached hydrogens (tertiary/aromatic N) is 1. The van der Waals surface area contributed by atoms with E-state index in [1.54, 1.807) is 0 Å². The molecular formula is C13H9ClFNO2. The molecule has 0 saturated heterocycles. The summed E-state index contributed by atoms with van der Waals surface area (Å²) in [5, 5.41) is 3.89. The summed E-state index contributed by atoms with van der Waals surface area (Å²) >= 11 is 5.66. The molecule has 0 N–H and O–H groups in total. The van der Waals surface area contributed by atoms with Crippen LogP contribution in [0.1, 0.15) is 40.4 Å². The first-order valence-corrected chi connectivity index (χ1v) is 5.99. The van der Waals surface area contributed by atoms with Crippen LogP contribution in [0.2, 0.25) is 5.02 Å². The van der Waals surface area contributed by atoms with Crippen molar-refractivity contribution in [3.8, 4) is 0 Å². The van der Waals surface area contributed by atoms with Gasteiger partial charge >= 0.3 is 0 Å². The van der Waals surface area contributed by atoms with Gasteiger partial charge in [-0.1, -0.05) is 16.8 Å². The predicted molar refractivity (Wildman–Crippen MR) is 63.3 cm³/mol. The van der Waals surface area contributed by atoms with Crippen LogP contribution in [0.15, 0.2) is 28.9 Å². The summed E-state index contributed by atoms with van der Waals surface area (Å²) in [6.45, 7) is 0. The summed E-state index contributed by atoms with van der Waals surface area (Å²) in [4.78, 5) is 12.2. The number of rotatable bonds is 3. The van der Waals surface area contributed by atoms with Gasteiger partial charge in [0.15, 0.2) is 5.76 Å².